The summed E-state index contributed by atoms with van der Waals surface area (Å²) >= 11 is 0. The number of hydrogen-bond donors (Lipinski definition) is 0. The molecular formula is C29H30N2O5. The molecular weight excluding hydrogens is 456 g/mol. The summed E-state index contributed by atoms with van der Waals surface area (Å²) in [7, 11) is 0. The van der Waals surface area contributed by atoms with Crippen LogP contribution in [0.15, 0.2) is 48.0 Å². The van der Waals surface area contributed by atoms with Crippen molar-refractivity contribution in [2.75, 3.05) is 16.3 Å². The largest absolute Gasteiger partial charge is 0.426 e. The topological polar surface area (TPSA) is 84.0 Å². The highest BCUT2D eigenvalue weighted by Gasteiger charge is 2.49. The molecule has 2 aliphatic heterocycles. The monoisotopic (exact) mass is 486 g/mol. The van der Waals surface area contributed by atoms with Crippen LogP contribution in [0.5, 0.6) is 5.75 Å². The Morgan fingerprint density at radius 3 is 2.36 bits per heavy atom. The Kier molecular flexibility index (Phi) is 6.02. The van der Waals surface area contributed by atoms with E-state index in [1.54, 1.807) is 30.0 Å². The van der Waals surface area contributed by atoms with Gasteiger partial charge in [0, 0.05) is 18.7 Å². The van der Waals surface area contributed by atoms with Gasteiger partial charge < -0.3 is 9.64 Å². The summed E-state index contributed by atoms with van der Waals surface area (Å²) in [5.74, 6) is -1.76. The fraction of sp³-hybridized carbons (Fsp3) is 0.379. The number of fused-ring (bicyclic) bond motifs is 1. The van der Waals surface area contributed by atoms with Gasteiger partial charge in [-0.05, 0) is 81.5 Å². The number of benzene rings is 2. The van der Waals surface area contributed by atoms with E-state index in [4.69, 9.17) is 4.74 Å². The molecule has 7 nitrogen and oxygen atoms in total. The van der Waals surface area contributed by atoms with E-state index >= 15 is 0 Å². The van der Waals surface area contributed by atoms with Crippen molar-refractivity contribution in [1.82, 2.24) is 0 Å². The molecule has 0 radical (unpaired) electrons. The van der Waals surface area contributed by atoms with E-state index in [0.29, 0.717) is 29.8 Å². The van der Waals surface area contributed by atoms with E-state index in [1.807, 2.05) is 45.0 Å². The number of allylic oxidation sites excluding steroid dienone is 2. The van der Waals surface area contributed by atoms with Crippen molar-refractivity contribution >= 4 is 35.1 Å². The van der Waals surface area contributed by atoms with Gasteiger partial charge in [0.2, 0.25) is 17.7 Å². The predicted octanol–water partition coefficient (Wildman–Crippen LogP) is 4.42. The van der Waals surface area contributed by atoms with Gasteiger partial charge >= 0.3 is 5.97 Å². The molecule has 2 saturated heterocycles. The Balaban J connectivity index is 1.29. The van der Waals surface area contributed by atoms with Crippen LogP contribution in [0.1, 0.15) is 42.9 Å². The van der Waals surface area contributed by atoms with Gasteiger partial charge in [-0.3, -0.25) is 19.2 Å². The average molecular weight is 487 g/mol. The second-order valence-electron chi connectivity index (χ2n) is 10.3. The normalized spacial score (nSPS) is 23.7. The third-order valence-electron chi connectivity index (χ3n) is 7.56. The Hall–Kier alpha value is -3.74. The Bertz CT molecular complexity index is 1330. The molecule has 3 amide bonds. The number of rotatable bonds is 4. The molecule has 2 heterocycles. The van der Waals surface area contributed by atoms with Crippen LogP contribution in [0, 0.1) is 38.5 Å². The predicted molar refractivity (Wildman–Crippen MR) is 136 cm³/mol. The molecule has 3 aliphatic rings. The van der Waals surface area contributed by atoms with E-state index in [-0.39, 0.29) is 42.5 Å². The molecule has 3 atom stereocenters. The third-order valence-corrected chi connectivity index (χ3v) is 7.56. The van der Waals surface area contributed by atoms with Crippen molar-refractivity contribution in [2.45, 2.75) is 47.0 Å². The maximum absolute atomic E-state index is 13.1. The lowest BCUT2D eigenvalue weighted by molar-refractivity contribution is -0.139. The highest BCUT2D eigenvalue weighted by Crippen LogP contribution is 2.41. The van der Waals surface area contributed by atoms with E-state index in [0.717, 1.165) is 22.4 Å². The van der Waals surface area contributed by atoms with Crippen LogP contribution in [0.25, 0.3) is 0 Å². The Morgan fingerprint density at radius 2 is 1.61 bits per heavy atom. The molecule has 7 heteroatoms. The molecule has 1 aliphatic carbocycles. The zero-order valence-electron chi connectivity index (χ0n) is 21.0. The van der Waals surface area contributed by atoms with Gasteiger partial charge in [0.25, 0.3) is 0 Å². The lowest BCUT2D eigenvalue weighted by Gasteiger charge is -2.20. The summed E-state index contributed by atoms with van der Waals surface area (Å²) in [6, 6.07) is 10.8. The minimum absolute atomic E-state index is 0.0935. The minimum Gasteiger partial charge on any atom is -0.426 e. The van der Waals surface area contributed by atoms with Gasteiger partial charge in [0.05, 0.1) is 23.4 Å². The van der Waals surface area contributed by atoms with Gasteiger partial charge in [0.1, 0.15) is 5.75 Å². The highest BCUT2D eigenvalue weighted by atomic mass is 16.5. The number of aryl methyl sites for hydroxylation is 3. The second-order valence-corrected chi connectivity index (χ2v) is 10.3. The first kappa shape index (κ1) is 24.0. The van der Waals surface area contributed by atoms with Crippen LogP contribution in [0.4, 0.5) is 11.4 Å². The van der Waals surface area contributed by atoms with Crippen LogP contribution < -0.4 is 14.5 Å². The number of nitrogens with zero attached hydrogens (tertiary/aromatic N) is 2. The maximum atomic E-state index is 13.1. The number of imide groups is 1. The first-order valence-corrected chi connectivity index (χ1v) is 12.4. The summed E-state index contributed by atoms with van der Waals surface area (Å²) in [4.78, 5) is 54.6. The quantitative estimate of drug-likeness (QED) is 0.277. The number of esters is 1. The zero-order valence-corrected chi connectivity index (χ0v) is 21.0. The average Bonchev–Trinajstić information content (AvgIpc) is 3.33. The molecule has 5 rings (SSSR count). The molecule has 0 aromatic heterocycles. The van der Waals surface area contributed by atoms with Gasteiger partial charge in [-0.15, -0.1) is 0 Å². The number of amides is 3. The molecule has 0 spiro atoms. The van der Waals surface area contributed by atoms with E-state index < -0.39 is 11.9 Å². The first-order valence-electron chi connectivity index (χ1n) is 12.4. The Labute approximate surface area is 210 Å². The molecule has 0 unspecified atom stereocenters. The molecule has 2 fully saturated rings. The number of carbonyl (C=O) groups is 4. The summed E-state index contributed by atoms with van der Waals surface area (Å²) in [5.41, 5.74) is 5.18. The maximum Gasteiger partial charge on any atom is 0.316 e. The van der Waals surface area contributed by atoms with Crippen LogP contribution in [0.2, 0.25) is 0 Å². The van der Waals surface area contributed by atoms with Crippen LogP contribution >= 0.6 is 0 Å². The van der Waals surface area contributed by atoms with Gasteiger partial charge in [0.15, 0.2) is 0 Å². The van der Waals surface area contributed by atoms with Gasteiger partial charge in [-0.25, -0.2) is 4.90 Å². The van der Waals surface area contributed by atoms with Crippen molar-refractivity contribution < 1.29 is 23.9 Å². The SMILES string of the molecule is CC1=CC[C@@H]2C(=O)N(c3ccc(OC(=O)[C@@H]4CC(=O)N(c5cc(C)ccc5C)C4)cc3C)C(=O)[C@@H]2C1. The van der Waals surface area contributed by atoms with Crippen LogP contribution in [0.3, 0.4) is 0 Å². The highest BCUT2D eigenvalue weighted by molar-refractivity contribution is 6.22. The number of ether oxygens (including phenoxy) is 1. The van der Waals surface area contributed by atoms with Crippen molar-refractivity contribution in [1.29, 1.82) is 0 Å². The molecule has 2 aromatic rings. The minimum atomic E-state index is -0.571. The van der Waals surface area contributed by atoms with Gasteiger partial charge in [-0.1, -0.05) is 23.8 Å². The van der Waals surface area contributed by atoms with Crippen molar-refractivity contribution in [3.63, 3.8) is 0 Å². The van der Waals surface area contributed by atoms with Crippen LogP contribution in [-0.2, 0) is 19.2 Å². The third kappa shape index (κ3) is 4.12. The fourth-order valence-corrected chi connectivity index (χ4v) is 5.53. The lowest BCUT2D eigenvalue weighted by atomic mass is 9.82. The number of carbonyl (C=O) groups excluding carboxylic acids is 4. The smallest absolute Gasteiger partial charge is 0.316 e. The Morgan fingerprint density at radius 1 is 0.861 bits per heavy atom. The number of anilines is 2. The summed E-state index contributed by atoms with van der Waals surface area (Å²) in [6.07, 6.45) is 3.34. The summed E-state index contributed by atoms with van der Waals surface area (Å²) < 4.78 is 5.63. The fourth-order valence-electron chi connectivity index (χ4n) is 5.53. The van der Waals surface area contributed by atoms with Crippen LogP contribution in [-0.4, -0.2) is 30.2 Å². The zero-order chi connectivity index (χ0) is 25.7. The summed E-state index contributed by atoms with van der Waals surface area (Å²) in [5, 5.41) is 0. The standard InChI is InChI=1S/C29H30N2O5/c1-16-6-9-22-23(11-16)28(34)31(27(22)33)24-10-8-21(13-19(24)4)36-29(35)20-14-26(32)30(15-20)25-12-17(2)5-7-18(25)3/h5-8,10,12-13,20,22-23H,9,11,14-15H2,1-4H3/t20-,22+,23-/m1/s1. The van der Waals surface area contributed by atoms with Gasteiger partial charge in [-0.2, -0.15) is 0 Å². The van der Waals surface area contributed by atoms with E-state index in [1.165, 1.54) is 4.90 Å². The first-order chi connectivity index (χ1) is 17.1. The lowest BCUT2D eigenvalue weighted by Crippen LogP contribution is -2.31. The van der Waals surface area contributed by atoms with E-state index in [2.05, 4.69) is 0 Å². The molecule has 0 bridgehead atoms. The number of hydrogen-bond acceptors (Lipinski definition) is 5. The van der Waals surface area contributed by atoms with Crippen molar-refractivity contribution in [3.05, 3.63) is 64.7 Å². The van der Waals surface area contributed by atoms with E-state index in [9.17, 15) is 19.2 Å². The second kappa shape index (κ2) is 9.04. The molecule has 36 heavy (non-hydrogen) atoms. The molecule has 0 N–H and O–H groups in total. The van der Waals surface area contributed by atoms with Crippen molar-refractivity contribution in [2.24, 2.45) is 17.8 Å². The molecule has 2 aromatic carbocycles. The summed E-state index contributed by atoms with van der Waals surface area (Å²) in [6.45, 7) is 7.97. The molecule has 186 valence electrons. The van der Waals surface area contributed by atoms with Crippen molar-refractivity contribution in [3.8, 4) is 5.75 Å². The molecule has 0 saturated carbocycles.